The number of quaternary nitrogens is 1. The van der Waals surface area contributed by atoms with Gasteiger partial charge in [0.15, 0.2) is 0 Å². The molecular weight excluding hydrogens is 423 g/mol. The Hall–Kier alpha value is -1.87. The first kappa shape index (κ1) is 24.4. The van der Waals surface area contributed by atoms with Gasteiger partial charge in [-0.1, -0.05) is 30.3 Å². The highest BCUT2D eigenvalue weighted by Crippen LogP contribution is 2.51. The Balaban J connectivity index is 0.00000320. The number of nitrogens with zero attached hydrogens (tertiary/aromatic N) is 2. The van der Waals surface area contributed by atoms with Gasteiger partial charge in [-0.05, 0) is 12.0 Å². The molecule has 1 aromatic carbocycles. The Bertz CT molecular complexity index is 757. The Morgan fingerprint density at radius 1 is 1.23 bits per heavy atom. The lowest BCUT2D eigenvalue weighted by Gasteiger charge is -2.54. The average Bonchev–Trinajstić information content (AvgIpc) is 3.09. The molecule has 1 N–H and O–H groups in total. The summed E-state index contributed by atoms with van der Waals surface area (Å²) in [6, 6.07) is 6.38. The quantitative estimate of drug-likeness (QED) is 0.424. The first-order valence-corrected chi connectivity index (χ1v) is 9.97. The SMILES string of the molecule is C[N+]1([C@]2(C(F)(F)F)C[C@@H]([N+](=O)[O-])CCC2NC(=O)Cc2ccccc2)CCCC1.Cl. The van der Waals surface area contributed by atoms with Gasteiger partial charge in [0.2, 0.25) is 17.5 Å². The molecule has 0 spiro atoms. The van der Waals surface area contributed by atoms with Gasteiger partial charge in [0.05, 0.1) is 39.0 Å². The fourth-order valence-electron chi connectivity index (χ4n) is 5.25. The number of nitro groups is 1. The van der Waals surface area contributed by atoms with Crippen LogP contribution in [0.5, 0.6) is 0 Å². The van der Waals surface area contributed by atoms with Crippen molar-refractivity contribution in [3.05, 3.63) is 46.0 Å². The monoisotopic (exact) mass is 450 g/mol. The topological polar surface area (TPSA) is 72.2 Å². The molecule has 168 valence electrons. The summed E-state index contributed by atoms with van der Waals surface area (Å²) < 4.78 is 43.7. The Kier molecular flexibility index (Phi) is 7.40. The van der Waals surface area contributed by atoms with Crippen molar-refractivity contribution in [1.82, 2.24) is 5.32 Å². The molecule has 6 nitrogen and oxygen atoms in total. The van der Waals surface area contributed by atoms with Crippen molar-refractivity contribution >= 4 is 18.3 Å². The number of carbonyl (C=O) groups is 1. The molecular formula is C20H28ClF3N3O3+. The summed E-state index contributed by atoms with van der Waals surface area (Å²) in [5.74, 6) is -0.486. The van der Waals surface area contributed by atoms with Crippen molar-refractivity contribution in [3.8, 4) is 0 Å². The van der Waals surface area contributed by atoms with Crippen LogP contribution in [-0.2, 0) is 11.2 Å². The van der Waals surface area contributed by atoms with Crippen molar-refractivity contribution in [1.29, 1.82) is 0 Å². The summed E-state index contributed by atoms with van der Waals surface area (Å²) in [5.41, 5.74) is -1.64. The number of benzene rings is 1. The van der Waals surface area contributed by atoms with Crippen LogP contribution in [0.2, 0.25) is 0 Å². The van der Waals surface area contributed by atoms with Crippen LogP contribution in [0, 0.1) is 10.1 Å². The van der Waals surface area contributed by atoms with E-state index in [4.69, 9.17) is 0 Å². The van der Waals surface area contributed by atoms with E-state index in [-0.39, 0.29) is 36.2 Å². The van der Waals surface area contributed by atoms with Crippen LogP contribution in [0.25, 0.3) is 0 Å². The largest absolute Gasteiger partial charge is 0.446 e. The number of likely N-dealkylation sites (N-methyl/N-ethyl adjacent to an activating group) is 1. The second kappa shape index (κ2) is 9.09. The second-order valence-corrected chi connectivity index (χ2v) is 8.48. The minimum Gasteiger partial charge on any atom is -0.346 e. The predicted octanol–water partition coefficient (Wildman–Crippen LogP) is 3.51. The van der Waals surface area contributed by atoms with Gasteiger partial charge < -0.3 is 9.80 Å². The van der Waals surface area contributed by atoms with E-state index in [1.807, 2.05) is 0 Å². The molecule has 0 radical (unpaired) electrons. The summed E-state index contributed by atoms with van der Waals surface area (Å²) in [7, 11) is 1.54. The molecule has 0 aromatic heterocycles. The fourth-order valence-corrected chi connectivity index (χ4v) is 5.25. The zero-order valence-electron chi connectivity index (χ0n) is 16.9. The lowest BCUT2D eigenvalue weighted by molar-refractivity contribution is -0.966. The third kappa shape index (κ3) is 4.42. The van der Waals surface area contributed by atoms with E-state index in [2.05, 4.69) is 5.32 Å². The molecule has 30 heavy (non-hydrogen) atoms. The third-order valence-corrected chi connectivity index (χ3v) is 6.76. The molecule has 10 heteroatoms. The molecule has 1 aliphatic carbocycles. The van der Waals surface area contributed by atoms with Gasteiger partial charge in [0.1, 0.15) is 0 Å². The summed E-state index contributed by atoms with van der Waals surface area (Å²) >= 11 is 0. The van der Waals surface area contributed by atoms with Crippen molar-refractivity contribution in [2.24, 2.45) is 0 Å². The molecule has 1 heterocycles. The first-order valence-electron chi connectivity index (χ1n) is 9.97. The van der Waals surface area contributed by atoms with Gasteiger partial charge in [-0.3, -0.25) is 14.9 Å². The van der Waals surface area contributed by atoms with Gasteiger partial charge in [-0.25, -0.2) is 0 Å². The number of carbonyl (C=O) groups excluding carboxylic acids is 1. The normalized spacial score (nSPS) is 28.4. The van der Waals surface area contributed by atoms with Crippen molar-refractivity contribution in [2.75, 3.05) is 20.1 Å². The van der Waals surface area contributed by atoms with Crippen LogP contribution in [0.1, 0.15) is 37.7 Å². The van der Waals surface area contributed by atoms with Crippen LogP contribution in [-0.4, -0.2) is 59.2 Å². The minimum atomic E-state index is -4.68. The molecule has 1 amide bonds. The molecule has 3 rings (SSSR count). The van der Waals surface area contributed by atoms with E-state index < -0.39 is 41.1 Å². The molecule has 2 aliphatic rings. The summed E-state index contributed by atoms with van der Waals surface area (Å²) in [5, 5.41) is 14.0. The van der Waals surface area contributed by atoms with Crippen LogP contribution >= 0.6 is 12.4 Å². The van der Waals surface area contributed by atoms with Crippen molar-refractivity contribution in [2.45, 2.75) is 62.3 Å². The maximum atomic E-state index is 14.7. The average molecular weight is 451 g/mol. The van der Waals surface area contributed by atoms with E-state index in [1.165, 1.54) is 0 Å². The lowest BCUT2D eigenvalue weighted by Crippen LogP contribution is -2.78. The van der Waals surface area contributed by atoms with E-state index in [0.717, 1.165) is 0 Å². The van der Waals surface area contributed by atoms with Crippen LogP contribution in [0.3, 0.4) is 0 Å². The summed E-state index contributed by atoms with van der Waals surface area (Å²) in [6.45, 7) is 0.601. The van der Waals surface area contributed by atoms with Gasteiger partial charge in [0, 0.05) is 24.2 Å². The van der Waals surface area contributed by atoms with Gasteiger partial charge in [-0.15, -0.1) is 12.4 Å². The number of hydrogen-bond acceptors (Lipinski definition) is 3. The number of rotatable bonds is 5. The molecule has 1 saturated heterocycles. The van der Waals surface area contributed by atoms with E-state index >= 15 is 0 Å². The Morgan fingerprint density at radius 3 is 2.37 bits per heavy atom. The second-order valence-electron chi connectivity index (χ2n) is 8.48. The van der Waals surface area contributed by atoms with Gasteiger partial charge in [0.25, 0.3) is 0 Å². The van der Waals surface area contributed by atoms with E-state index in [9.17, 15) is 28.1 Å². The fraction of sp³-hybridized carbons (Fsp3) is 0.650. The lowest BCUT2D eigenvalue weighted by atomic mass is 9.71. The summed E-state index contributed by atoms with van der Waals surface area (Å²) in [6.07, 6.45) is -4.04. The standard InChI is InChI=1S/C20H26F3N3O3.ClH/c1-26(11-5-6-12-26)19(20(21,22)23)14-16(25(28)29)9-10-17(19)24-18(27)13-15-7-3-2-4-8-15;/h2-4,7-8,16-17H,5-6,9-14H2,1H3;1H/p+1/t16-,17?,19+;/m0./s1. The molecule has 1 aromatic rings. The van der Waals surface area contributed by atoms with Crippen molar-refractivity contribution in [3.63, 3.8) is 0 Å². The zero-order valence-corrected chi connectivity index (χ0v) is 17.7. The van der Waals surface area contributed by atoms with E-state index in [1.54, 1.807) is 37.4 Å². The molecule has 3 atom stereocenters. The maximum Gasteiger partial charge on any atom is 0.446 e. The minimum absolute atomic E-state index is 0. The predicted molar refractivity (Wildman–Crippen MR) is 108 cm³/mol. The number of hydrogen-bond donors (Lipinski definition) is 1. The number of alkyl halides is 3. The number of amides is 1. The summed E-state index contributed by atoms with van der Waals surface area (Å²) in [4.78, 5) is 23.4. The molecule has 1 aliphatic heterocycles. The first-order chi connectivity index (χ1) is 13.6. The van der Waals surface area contributed by atoms with Crippen LogP contribution < -0.4 is 5.32 Å². The van der Waals surface area contributed by atoms with Crippen LogP contribution in [0.4, 0.5) is 13.2 Å². The molecule has 2 fully saturated rings. The molecule has 1 unspecified atom stereocenters. The van der Waals surface area contributed by atoms with Gasteiger partial charge in [-0.2, -0.15) is 13.2 Å². The van der Waals surface area contributed by atoms with E-state index in [0.29, 0.717) is 31.5 Å². The Labute approximate surface area is 180 Å². The highest BCUT2D eigenvalue weighted by atomic mass is 35.5. The van der Waals surface area contributed by atoms with Crippen molar-refractivity contribution < 1.29 is 27.4 Å². The molecule has 0 bridgehead atoms. The van der Waals surface area contributed by atoms with Crippen LogP contribution in [0.15, 0.2) is 30.3 Å². The maximum absolute atomic E-state index is 14.7. The van der Waals surface area contributed by atoms with Gasteiger partial charge >= 0.3 is 6.18 Å². The number of nitrogens with one attached hydrogen (secondary N) is 1. The highest BCUT2D eigenvalue weighted by molar-refractivity contribution is 5.85. The number of halogens is 4. The zero-order chi connectivity index (χ0) is 21.3. The highest BCUT2D eigenvalue weighted by Gasteiger charge is 2.74. The number of likely N-dealkylation sites (tertiary alicyclic amines) is 1. The Morgan fingerprint density at radius 2 is 1.83 bits per heavy atom. The smallest absolute Gasteiger partial charge is 0.346 e. The molecule has 1 saturated carbocycles. The third-order valence-electron chi connectivity index (χ3n) is 6.76.